The maximum absolute atomic E-state index is 14.1. The number of anilines is 2. The Labute approximate surface area is 196 Å². The van der Waals surface area contributed by atoms with E-state index in [0.29, 0.717) is 22.7 Å². The molecule has 2 unspecified atom stereocenters. The van der Waals surface area contributed by atoms with Crippen LogP contribution in [0, 0.1) is 10.1 Å². The molecule has 4 N–H and O–H groups in total. The number of aromatic amines is 1. The normalized spacial score (nSPS) is 15.2. The molecule has 16 heteroatoms. The molecule has 0 radical (unpaired) electrons. The lowest BCUT2D eigenvalue weighted by atomic mass is 10.2. The zero-order chi connectivity index (χ0) is 22.8. The number of rotatable bonds is 9. The van der Waals surface area contributed by atoms with Crippen LogP contribution in [0.4, 0.5) is 15.9 Å². The number of nitro groups is 1. The number of alkyl halides is 3. The Hall–Kier alpha value is -2.07. The number of imidazole rings is 1. The summed E-state index contributed by atoms with van der Waals surface area (Å²) in [4.78, 5) is 26.6. The third-order valence-electron chi connectivity index (χ3n) is 3.73. The van der Waals surface area contributed by atoms with Crippen molar-refractivity contribution >= 4 is 73.9 Å². The van der Waals surface area contributed by atoms with Crippen molar-refractivity contribution in [3.63, 3.8) is 0 Å². The first-order valence-corrected chi connectivity index (χ1v) is 10.9. The molecule has 1 aromatic carbocycles. The summed E-state index contributed by atoms with van der Waals surface area (Å²) in [6.07, 6.45) is 1.36. The van der Waals surface area contributed by atoms with Gasteiger partial charge in [-0.1, -0.05) is 11.6 Å². The van der Waals surface area contributed by atoms with Crippen LogP contribution in [0.5, 0.6) is 11.5 Å². The molecule has 31 heavy (non-hydrogen) atoms. The van der Waals surface area contributed by atoms with Gasteiger partial charge in [0, 0.05) is 6.07 Å². The summed E-state index contributed by atoms with van der Waals surface area (Å²) >= 11 is 8.34. The van der Waals surface area contributed by atoms with Gasteiger partial charge in [-0.15, -0.1) is 0 Å². The quantitative estimate of drug-likeness (QED) is 0.115. The minimum absolute atomic E-state index is 0.00521. The average Bonchev–Trinajstić information content (AvgIpc) is 3.14. The lowest BCUT2D eigenvalue weighted by Crippen LogP contribution is -2.35. The fourth-order valence-electron chi connectivity index (χ4n) is 2.51. The number of fused-ring (bicyclic) bond motifs is 1. The highest BCUT2D eigenvalue weighted by molar-refractivity contribution is 9.12. The van der Waals surface area contributed by atoms with Crippen molar-refractivity contribution in [2.24, 2.45) is 5.73 Å². The lowest BCUT2D eigenvalue weighted by molar-refractivity contribution is -0.285. The average molecular weight is 555 g/mol. The highest BCUT2D eigenvalue weighted by Crippen LogP contribution is 2.52. The molecule has 0 amide bonds. The van der Waals surface area contributed by atoms with Crippen LogP contribution < -0.4 is 20.5 Å². The third-order valence-corrected chi connectivity index (χ3v) is 6.25. The second-order valence-electron chi connectivity index (χ2n) is 5.72. The maximum Gasteiger partial charge on any atom is 0.287 e. The van der Waals surface area contributed by atoms with Gasteiger partial charge in [-0.3, -0.25) is 15.8 Å². The molecular formula is C15H14BrClFN7O4S2. The Bertz CT molecular complexity index is 1120. The highest BCUT2D eigenvalue weighted by atomic mass is 79.9. The molecule has 3 aromatic rings. The van der Waals surface area contributed by atoms with E-state index in [1.165, 1.54) is 20.5 Å². The molecule has 2 heterocycles. The van der Waals surface area contributed by atoms with E-state index in [9.17, 15) is 14.5 Å². The zero-order valence-electron chi connectivity index (χ0n) is 15.8. The van der Waals surface area contributed by atoms with Crippen molar-refractivity contribution in [1.82, 2.24) is 19.9 Å². The number of methoxy groups -OCH3 is 2. The molecule has 0 saturated heterocycles. The van der Waals surface area contributed by atoms with Crippen molar-refractivity contribution in [2.75, 3.05) is 19.5 Å². The number of nitrogens with zero attached hydrogens (tertiary/aromatic N) is 4. The maximum atomic E-state index is 14.1. The lowest BCUT2D eigenvalue weighted by Gasteiger charge is -2.24. The van der Waals surface area contributed by atoms with Crippen molar-refractivity contribution in [3.05, 3.63) is 40.5 Å². The van der Waals surface area contributed by atoms with Crippen LogP contribution in [0.1, 0.15) is 5.82 Å². The van der Waals surface area contributed by atoms with E-state index < -0.39 is 11.9 Å². The number of benzene rings is 1. The van der Waals surface area contributed by atoms with Gasteiger partial charge in [-0.2, -0.15) is 0 Å². The fraction of sp³-hybridized carbons (Fsp3) is 0.267. The van der Waals surface area contributed by atoms with Crippen molar-refractivity contribution < 1.29 is 18.2 Å². The highest BCUT2D eigenvalue weighted by Gasteiger charge is 2.48. The number of nitrogens with one attached hydrogen (secondary N) is 2. The summed E-state index contributed by atoms with van der Waals surface area (Å²) in [5.74, 6) is 0.877. The first-order valence-electron chi connectivity index (χ1n) is 8.14. The zero-order valence-corrected chi connectivity index (χ0v) is 19.7. The fourth-order valence-corrected chi connectivity index (χ4v) is 5.69. The Morgan fingerprint density at radius 2 is 2.13 bits per heavy atom. The van der Waals surface area contributed by atoms with Crippen LogP contribution in [0.3, 0.4) is 0 Å². The van der Waals surface area contributed by atoms with Gasteiger partial charge in [0.1, 0.15) is 21.3 Å². The van der Waals surface area contributed by atoms with E-state index in [4.69, 9.17) is 26.8 Å². The van der Waals surface area contributed by atoms with Gasteiger partial charge in [0.25, 0.3) is 15.3 Å². The first-order chi connectivity index (χ1) is 14.5. The second-order valence-corrected chi connectivity index (χ2v) is 11.3. The summed E-state index contributed by atoms with van der Waals surface area (Å²) in [6.45, 7) is 0. The second kappa shape index (κ2) is 9.20. The first kappa shape index (κ1) is 23.6. The number of nitrogens with two attached hydrogens (primary N) is 1. The van der Waals surface area contributed by atoms with E-state index in [1.54, 1.807) is 18.2 Å². The Balaban J connectivity index is 2.14. The molecule has 0 aliphatic rings. The van der Waals surface area contributed by atoms with Gasteiger partial charge in [0.05, 0.1) is 26.2 Å². The molecule has 0 bridgehead atoms. The Kier molecular flexibility index (Phi) is 7.00. The standard InChI is InChI=1S/C15H14BrClFN7O4S2/c1-28-7-3-4-9(29-2)8(5-7)22-12-10-11(21-6-20-10)23-13(24-12)14(19,31-25(26)27)30-15(16,17)18/h3-6H,19H2,1-2H3,(H2,20,21,22,23,24). The van der Waals surface area contributed by atoms with Gasteiger partial charge >= 0.3 is 0 Å². The minimum Gasteiger partial charge on any atom is -0.497 e. The summed E-state index contributed by atoms with van der Waals surface area (Å²) < 4.78 is 19.2. The monoisotopic (exact) mass is 553 g/mol. The number of hydrogen-bond acceptors (Lipinski definition) is 11. The third kappa shape index (κ3) is 5.60. The van der Waals surface area contributed by atoms with Crippen molar-refractivity contribution in [1.29, 1.82) is 0 Å². The van der Waals surface area contributed by atoms with Crippen molar-refractivity contribution in [3.8, 4) is 11.5 Å². The Morgan fingerprint density at radius 3 is 2.74 bits per heavy atom. The summed E-state index contributed by atoms with van der Waals surface area (Å²) in [5, 5.41) is 14.2. The summed E-state index contributed by atoms with van der Waals surface area (Å²) in [7, 11) is 2.99. The molecule has 11 nitrogen and oxygen atoms in total. The molecular weight excluding hydrogens is 541 g/mol. The largest absolute Gasteiger partial charge is 0.497 e. The van der Waals surface area contributed by atoms with Crippen molar-refractivity contribution in [2.45, 2.75) is 7.57 Å². The van der Waals surface area contributed by atoms with Gasteiger partial charge in [-0.25, -0.2) is 19.3 Å². The summed E-state index contributed by atoms with van der Waals surface area (Å²) in [6, 6.07) is 5.03. The van der Waals surface area contributed by atoms with Crippen LogP contribution in [0.2, 0.25) is 0 Å². The number of H-pyrrole nitrogens is 1. The molecule has 0 aliphatic heterocycles. The molecule has 3 rings (SSSR count). The SMILES string of the molecule is COc1ccc(OC)c(Nc2nc(C(N)(S[N+](=O)[O-])SC(F)(Cl)Br)nc3nc[nH]c23)c1. The molecule has 2 aromatic heterocycles. The summed E-state index contributed by atoms with van der Waals surface area (Å²) in [5.41, 5.74) is 7.11. The Morgan fingerprint density at radius 1 is 1.39 bits per heavy atom. The number of halogens is 3. The van der Waals surface area contributed by atoms with Crippen LogP contribution >= 0.6 is 51.2 Å². The van der Waals surface area contributed by atoms with Gasteiger partial charge in [-0.05, 0) is 39.8 Å². The number of aromatic nitrogens is 4. The van der Waals surface area contributed by atoms with Gasteiger partial charge in [0.2, 0.25) is 4.20 Å². The number of thioether (sulfide) groups is 1. The topological polar surface area (TPSA) is 154 Å². The van der Waals surface area contributed by atoms with Crippen LogP contribution in [-0.2, 0) is 4.20 Å². The predicted octanol–water partition coefficient (Wildman–Crippen LogP) is 4.06. The molecule has 0 aliphatic carbocycles. The molecule has 0 spiro atoms. The number of ether oxygens (including phenoxy) is 2. The van der Waals surface area contributed by atoms with E-state index in [1.807, 2.05) is 0 Å². The number of hydrogen-bond donors (Lipinski definition) is 3. The smallest absolute Gasteiger partial charge is 0.287 e. The van der Waals surface area contributed by atoms with E-state index in [2.05, 4.69) is 41.2 Å². The molecule has 166 valence electrons. The van der Waals surface area contributed by atoms with E-state index >= 15 is 0 Å². The van der Waals surface area contributed by atoms with Crippen LogP contribution in [-0.4, -0.2) is 41.9 Å². The van der Waals surface area contributed by atoms with Gasteiger partial charge < -0.3 is 19.8 Å². The molecule has 2 atom stereocenters. The van der Waals surface area contributed by atoms with E-state index in [0.717, 1.165) is 0 Å². The predicted molar refractivity (Wildman–Crippen MR) is 121 cm³/mol. The van der Waals surface area contributed by atoms with E-state index in [-0.39, 0.29) is 41.0 Å². The van der Waals surface area contributed by atoms with Crippen LogP contribution in [0.25, 0.3) is 11.2 Å². The van der Waals surface area contributed by atoms with Gasteiger partial charge in [0.15, 0.2) is 17.3 Å². The molecule has 0 fully saturated rings. The molecule has 0 saturated carbocycles. The van der Waals surface area contributed by atoms with Crippen LogP contribution in [0.15, 0.2) is 24.5 Å². The minimum atomic E-state index is -2.61.